The standard InChI is InChI=1S/C21H21N5O3S2/c1-4-21(3)19(28)26(20(29)24-21)25-15(27)10-31-18-16-14(9-30-17(16)22-11-23-18)13-7-5-12(2)6-8-13/h5-9,11H,4,10H2,1-3H3,(H,24,29)(H,25,27)/t21-/m1/s1. The summed E-state index contributed by atoms with van der Waals surface area (Å²) in [7, 11) is 0. The van der Waals surface area contributed by atoms with Crippen LogP contribution in [0, 0.1) is 6.92 Å². The molecule has 0 spiro atoms. The normalized spacial score (nSPS) is 18.5. The van der Waals surface area contributed by atoms with Gasteiger partial charge in [0.15, 0.2) is 0 Å². The average molecular weight is 456 g/mol. The van der Waals surface area contributed by atoms with E-state index in [0.717, 1.165) is 26.4 Å². The van der Waals surface area contributed by atoms with Crippen molar-refractivity contribution >= 4 is 51.2 Å². The molecule has 1 saturated heterocycles. The largest absolute Gasteiger partial charge is 0.344 e. The van der Waals surface area contributed by atoms with Crippen molar-refractivity contribution in [1.29, 1.82) is 0 Å². The number of nitrogens with one attached hydrogen (secondary N) is 2. The molecule has 2 N–H and O–H groups in total. The molecule has 4 amide bonds. The molecule has 0 unspecified atom stereocenters. The fraction of sp³-hybridized carbons (Fsp3) is 0.286. The van der Waals surface area contributed by atoms with Crippen molar-refractivity contribution in [2.75, 3.05) is 5.75 Å². The molecule has 4 rings (SSSR count). The molecule has 31 heavy (non-hydrogen) atoms. The number of rotatable bonds is 6. The zero-order valence-corrected chi connectivity index (χ0v) is 18.9. The summed E-state index contributed by atoms with van der Waals surface area (Å²) in [6.45, 7) is 5.47. The highest BCUT2D eigenvalue weighted by molar-refractivity contribution is 8.00. The Morgan fingerprint density at radius 3 is 2.68 bits per heavy atom. The molecule has 1 fully saturated rings. The van der Waals surface area contributed by atoms with E-state index in [1.165, 1.54) is 35.0 Å². The first-order valence-electron chi connectivity index (χ1n) is 9.70. The molecule has 2 aromatic heterocycles. The Hall–Kier alpha value is -2.98. The summed E-state index contributed by atoms with van der Waals surface area (Å²) >= 11 is 2.76. The number of hydrazine groups is 1. The minimum Gasteiger partial charge on any atom is -0.322 e. The highest BCUT2D eigenvalue weighted by Crippen LogP contribution is 2.37. The van der Waals surface area contributed by atoms with Crippen molar-refractivity contribution in [3.05, 3.63) is 41.5 Å². The molecule has 0 aliphatic carbocycles. The summed E-state index contributed by atoms with van der Waals surface area (Å²) in [5, 5.41) is 6.96. The van der Waals surface area contributed by atoms with Crippen molar-refractivity contribution in [3.8, 4) is 11.1 Å². The minimum absolute atomic E-state index is 0.00476. The second kappa shape index (κ2) is 8.27. The summed E-state index contributed by atoms with van der Waals surface area (Å²) in [6.07, 6.45) is 1.90. The first-order valence-corrected chi connectivity index (χ1v) is 11.6. The third kappa shape index (κ3) is 4.00. The van der Waals surface area contributed by atoms with Crippen LogP contribution in [-0.4, -0.2) is 44.1 Å². The van der Waals surface area contributed by atoms with Gasteiger partial charge >= 0.3 is 6.03 Å². The molecule has 1 aromatic carbocycles. The summed E-state index contributed by atoms with van der Waals surface area (Å²) in [5.74, 6) is -0.940. The Kier molecular flexibility index (Phi) is 5.67. The second-order valence-corrected chi connectivity index (χ2v) is 9.28. The number of thioether (sulfide) groups is 1. The molecular formula is C21H21N5O3S2. The van der Waals surface area contributed by atoms with E-state index in [0.29, 0.717) is 11.4 Å². The Bertz CT molecular complexity index is 1180. The number of aromatic nitrogens is 2. The summed E-state index contributed by atoms with van der Waals surface area (Å²) in [5.41, 5.74) is 4.63. The second-order valence-electron chi connectivity index (χ2n) is 7.45. The molecule has 3 aromatic rings. The smallest absolute Gasteiger partial charge is 0.322 e. The van der Waals surface area contributed by atoms with E-state index in [9.17, 15) is 14.4 Å². The third-order valence-corrected chi connectivity index (χ3v) is 7.12. The van der Waals surface area contributed by atoms with Gasteiger partial charge in [0.2, 0.25) is 5.91 Å². The van der Waals surface area contributed by atoms with Gasteiger partial charge in [0.25, 0.3) is 5.91 Å². The quantitative estimate of drug-likeness (QED) is 0.335. The molecule has 1 aliphatic heterocycles. The molecule has 1 aliphatic rings. The van der Waals surface area contributed by atoms with Gasteiger partial charge < -0.3 is 5.32 Å². The van der Waals surface area contributed by atoms with Gasteiger partial charge in [-0.2, -0.15) is 5.01 Å². The molecule has 0 saturated carbocycles. The lowest BCUT2D eigenvalue weighted by Crippen LogP contribution is -2.49. The molecule has 160 valence electrons. The lowest BCUT2D eigenvalue weighted by molar-refractivity contribution is -0.137. The minimum atomic E-state index is -1.00. The number of urea groups is 1. The maximum Gasteiger partial charge on any atom is 0.344 e. The van der Waals surface area contributed by atoms with E-state index in [1.54, 1.807) is 13.8 Å². The summed E-state index contributed by atoms with van der Waals surface area (Å²) < 4.78 is 0. The average Bonchev–Trinajstić information content (AvgIpc) is 3.28. The van der Waals surface area contributed by atoms with Gasteiger partial charge in [0.1, 0.15) is 21.7 Å². The number of carbonyl (C=O) groups is 3. The van der Waals surface area contributed by atoms with Gasteiger partial charge in [0, 0.05) is 10.9 Å². The number of fused-ring (bicyclic) bond motifs is 1. The third-order valence-electron chi connectivity index (χ3n) is 5.24. The monoisotopic (exact) mass is 455 g/mol. The maximum atomic E-state index is 12.5. The van der Waals surface area contributed by atoms with Gasteiger partial charge in [-0.1, -0.05) is 48.5 Å². The number of nitrogens with zero attached hydrogens (tertiary/aromatic N) is 3. The van der Waals surface area contributed by atoms with Crippen molar-refractivity contribution in [2.45, 2.75) is 37.8 Å². The first-order chi connectivity index (χ1) is 14.8. The van der Waals surface area contributed by atoms with Gasteiger partial charge in [-0.15, -0.1) is 11.3 Å². The maximum absolute atomic E-state index is 12.5. The zero-order valence-electron chi connectivity index (χ0n) is 17.3. The van der Waals surface area contributed by atoms with Gasteiger partial charge in [-0.05, 0) is 25.8 Å². The Morgan fingerprint density at radius 2 is 2.00 bits per heavy atom. The number of imide groups is 1. The van der Waals surface area contributed by atoms with Gasteiger partial charge in [-0.25, -0.2) is 14.8 Å². The van der Waals surface area contributed by atoms with Crippen LogP contribution >= 0.6 is 23.1 Å². The molecule has 0 radical (unpaired) electrons. The highest BCUT2D eigenvalue weighted by atomic mass is 32.2. The number of benzene rings is 1. The Labute approximate surface area is 187 Å². The van der Waals surface area contributed by atoms with E-state index in [1.807, 2.05) is 36.6 Å². The van der Waals surface area contributed by atoms with Crippen LogP contribution in [0.3, 0.4) is 0 Å². The fourth-order valence-corrected chi connectivity index (χ4v) is 5.00. The predicted molar refractivity (Wildman–Crippen MR) is 121 cm³/mol. The number of hydrogen-bond acceptors (Lipinski definition) is 7. The van der Waals surface area contributed by atoms with E-state index in [4.69, 9.17) is 0 Å². The molecule has 1 atom stereocenters. The first kappa shape index (κ1) is 21.3. The van der Waals surface area contributed by atoms with Crippen molar-refractivity contribution in [1.82, 2.24) is 25.7 Å². The zero-order chi connectivity index (χ0) is 22.2. The number of aryl methyl sites for hydroxylation is 1. The topological polar surface area (TPSA) is 104 Å². The van der Waals surface area contributed by atoms with Crippen molar-refractivity contribution < 1.29 is 14.4 Å². The Balaban J connectivity index is 1.51. The predicted octanol–water partition coefficient (Wildman–Crippen LogP) is 3.51. The van der Waals surface area contributed by atoms with E-state index in [-0.39, 0.29) is 5.75 Å². The van der Waals surface area contributed by atoms with Crippen LogP contribution in [-0.2, 0) is 9.59 Å². The van der Waals surface area contributed by atoms with Gasteiger partial charge in [0.05, 0.1) is 11.1 Å². The SMILES string of the molecule is CC[C@@]1(C)NC(=O)N(NC(=O)CSc2ncnc3scc(-c4ccc(C)cc4)c23)C1=O. The Morgan fingerprint density at radius 1 is 1.26 bits per heavy atom. The molecule has 3 heterocycles. The van der Waals surface area contributed by atoms with Crippen LogP contribution in [0.4, 0.5) is 4.79 Å². The summed E-state index contributed by atoms with van der Waals surface area (Å²) in [4.78, 5) is 46.6. The molecule has 8 nitrogen and oxygen atoms in total. The number of carbonyl (C=O) groups excluding carboxylic acids is 3. The van der Waals surface area contributed by atoms with E-state index < -0.39 is 23.4 Å². The number of amides is 4. The number of thiophene rings is 1. The van der Waals surface area contributed by atoms with Gasteiger partial charge in [-0.3, -0.25) is 15.0 Å². The fourth-order valence-electron chi connectivity index (χ4n) is 3.22. The summed E-state index contributed by atoms with van der Waals surface area (Å²) in [6, 6.07) is 7.56. The van der Waals surface area contributed by atoms with Crippen molar-refractivity contribution in [2.24, 2.45) is 0 Å². The lowest BCUT2D eigenvalue weighted by atomic mass is 10.00. The van der Waals surface area contributed by atoms with E-state index in [2.05, 4.69) is 20.7 Å². The van der Waals surface area contributed by atoms with Crippen molar-refractivity contribution in [3.63, 3.8) is 0 Å². The van der Waals surface area contributed by atoms with E-state index >= 15 is 0 Å². The molecule has 0 bridgehead atoms. The molecule has 10 heteroatoms. The number of hydrogen-bond donors (Lipinski definition) is 2. The van der Waals surface area contributed by atoms with Crippen LogP contribution in [0.1, 0.15) is 25.8 Å². The van der Waals surface area contributed by atoms with Crippen LogP contribution in [0.25, 0.3) is 21.3 Å². The van der Waals surface area contributed by atoms with Crippen LogP contribution in [0.2, 0.25) is 0 Å². The van der Waals surface area contributed by atoms with Crippen LogP contribution in [0.5, 0.6) is 0 Å². The van der Waals surface area contributed by atoms with Crippen LogP contribution in [0.15, 0.2) is 41.0 Å². The lowest BCUT2D eigenvalue weighted by Gasteiger charge is -2.19. The molecular weight excluding hydrogens is 434 g/mol. The van der Waals surface area contributed by atoms with Crippen LogP contribution < -0.4 is 10.7 Å². The highest BCUT2D eigenvalue weighted by Gasteiger charge is 2.47.